The number of nitrogens with one attached hydrogen (secondary N) is 1. The molecule has 0 aromatic heterocycles. The summed E-state index contributed by atoms with van der Waals surface area (Å²) in [5, 5.41) is 14.2. The first kappa shape index (κ1) is 16.4. The van der Waals surface area contributed by atoms with Crippen LogP contribution in [0, 0.1) is 17.0 Å². The Morgan fingerprint density at radius 3 is 2.80 bits per heavy atom. The molecule has 0 saturated carbocycles. The Labute approximate surface area is 123 Å². The lowest BCUT2D eigenvalue weighted by molar-refractivity contribution is -0.385. The van der Waals surface area contributed by atoms with Gasteiger partial charge >= 0.3 is 0 Å². The molecule has 20 heavy (non-hydrogen) atoms. The molecule has 7 heteroatoms. The molecule has 1 atom stereocenters. The summed E-state index contributed by atoms with van der Waals surface area (Å²) in [6, 6.07) is 4.85. The van der Waals surface area contributed by atoms with Gasteiger partial charge < -0.3 is 10.2 Å². The van der Waals surface area contributed by atoms with Crippen molar-refractivity contribution in [2.75, 3.05) is 19.6 Å². The van der Waals surface area contributed by atoms with Gasteiger partial charge in [-0.15, -0.1) is 12.4 Å². The number of carbonyl (C=O) groups excluding carboxylic acids is 1. The summed E-state index contributed by atoms with van der Waals surface area (Å²) < 4.78 is 0. The molecule has 1 aliphatic heterocycles. The number of aryl methyl sites for hydroxylation is 1. The molecule has 110 valence electrons. The van der Waals surface area contributed by atoms with E-state index in [1.807, 2.05) is 13.8 Å². The molecule has 0 aliphatic carbocycles. The van der Waals surface area contributed by atoms with Crippen molar-refractivity contribution in [3.8, 4) is 0 Å². The maximum Gasteiger partial charge on any atom is 0.282 e. The Morgan fingerprint density at radius 2 is 2.20 bits per heavy atom. The van der Waals surface area contributed by atoms with E-state index in [4.69, 9.17) is 0 Å². The monoisotopic (exact) mass is 299 g/mol. The van der Waals surface area contributed by atoms with Crippen molar-refractivity contribution in [2.24, 2.45) is 0 Å². The summed E-state index contributed by atoms with van der Waals surface area (Å²) in [5.74, 6) is -0.260. The van der Waals surface area contributed by atoms with Crippen molar-refractivity contribution in [2.45, 2.75) is 19.9 Å². The summed E-state index contributed by atoms with van der Waals surface area (Å²) >= 11 is 0. The van der Waals surface area contributed by atoms with Crippen molar-refractivity contribution in [3.05, 3.63) is 39.4 Å². The molecular weight excluding hydrogens is 282 g/mol. The zero-order chi connectivity index (χ0) is 14.0. The van der Waals surface area contributed by atoms with Crippen LogP contribution in [0.15, 0.2) is 18.2 Å². The summed E-state index contributed by atoms with van der Waals surface area (Å²) in [6.07, 6.45) is 0. The van der Waals surface area contributed by atoms with Crippen LogP contribution in [-0.2, 0) is 0 Å². The van der Waals surface area contributed by atoms with E-state index in [0.29, 0.717) is 19.6 Å². The van der Waals surface area contributed by atoms with Crippen LogP contribution in [0.1, 0.15) is 22.8 Å². The highest BCUT2D eigenvalue weighted by Gasteiger charge is 2.27. The van der Waals surface area contributed by atoms with Gasteiger partial charge in [0.2, 0.25) is 0 Å². The summed E-state index contributed by atoms with van der Waals surface area (Å²) in [4.78, 5) is 24.6. The summed E-state index contributed by atoms with van der Waals surface area (Å²) in [5.41, 5.74) is 0.901. The number of benzene rings is 1. The molecule has 0 unspecified atom stereocenters. The molecule has 1 aromatic carbocycles. The largest absolute Gasteiger partial charge is 0.336 e. The normalized spacial score (nSPS) is 18.3. The molecule has 1 aliphatic rings. The van der Waals surface area contributed by atoms with Crippen LogP contribution in [0.25, 0.3) is 0 Å². The van der Waals surface area contributed by atoms with Crippen LogP contribution >= 0.6 is 12.4 Å². The van der Waals surface area contributed by atoms with Crippen molar-refractivity contribution >= 4 is 24.0 Å². The average molecular weight is 300 g/mol. The number of nitro benzene ring substituents is 1. The average Bonchev–Trinajstić information content (AvgIpc) is 2.37. The van der Waals surface area contributed by atoms with Gasteiger partial charge in [0.25, 0.3) is 11.6 Å². The first-order chi connectivity index (χ1) is 8.99. The van der Waals surface area contributed by atoms with Gasteiger partial charge in [-0.05, 0) is 25.5 Å². The molecule has 2 rings (SSSR count). The predicted molar refractivity (Wildman–Crippen MR) is 78.4 cm³/mol. The lowest BCUT2D eigenvalue weighted by atomic mass is 10.1. The number of amides is 1. The van der Waals surface area contributed by atoms with Crippen LogP contribution in [-0.4, -0.2) is 41.4 Å². The lowest BCUT2D eigenvalue weighted by Crippen LogP contribution is -2.51. The topological polar surface area (TPSA) is 75.5 Å². The number of rotatable bonds is 2. The molecule has 0 spiro atoms. The fourth-order valence-electron chi connectivity index (χ4n) is 2.27. The number of carbonyl (C=O) groups is 1. The van der Waals surface area contributed by atoms with E-state index in [1.165, 1.54) is 6.07 Å². The minimum Gasteiger partial charge on any atom is -0.336 e. The number of hydrogen-bond donors (Lipinski definition) is 1. The van der Waals surface area contributed by atoms with Gasteiger partial charge in [0.05, 0.1) is 4.92 Å². The second kappa shape index (κ2) is 6.67. The third-order valence-corrected chi connectivity index (χ3v) is 3.24. The Bertz CT molecular complexity index is 522. The van der Waals surface area contributed by atoms with Crippen molar-refractivity contribution in [1.82, 2.24) is 10.2 Å². The Hall–Kier alpha value is -1.66. The molecule has 0 radical (unpaired) electrons. The maximum atomic E-state index is 12.4. The van der Waals surface area contributed by atoms with Gasteiger partial charge in [-0.1, -0.05) is 6.07 Å². The van der Waals surface area contributed by atoms with Gasteiger partial charge in [0.1, 0.15) is 5.56 Å². The van der Waals surface area contributed by atoms with Gasteiger partial charge in [-0.2, -0.15) is 0 Å². The molecule has 1 N–H and O–H groups in total. The van der Waals surface area contributed by atoms with Gasteiger partial charge in [0, 0.05) is 31.7 Å². The molecule has 0 bridgehead atoms. The van der Waals surface area contributed by atoms with E-state index in [1.54, 1.807) is 17.0 Å². The highest BCUT2D eigenvalue weighted by atomic mass is 35.5. The van der Waals surface area contributed by atoms with Crippen molar-refractivity contribution < 1.29 is 9.72 Å². The minimum absolute atomic E-state index is 0. The predicted octanol–water partition coefficient (Wildman–Crippen LogP) is 1.76. The minimum atomic E-state index is -0.502. The zero-order valence-corrected chi connectivity index (χ0v) is 12.3. The SMILES string of the molecule is Cc1ccc([N+](=O)[O-])c(C(=O)N2CCN[C@@H](C)C2)c1.Cl. The maximum absolute atomic E-state index is 12.4. The number of nitro groups is 1. The van der Waals surface area contributed by atoms with E-state index >= 15 is 0 Å². The van der Waals surface area contributed by atoms with E-state index in [0.717, 1.165) is 5.56 Å². The van der Waals surface area contributed by atoms with E-state index in [-0.39, 0.29) is 35.6 Å². The van der Waals surface area contributed by atoms with Crippen LogP contribution in [0.3, 0.4) is 0 Å². The third kappa shape index (κ3) is 3.46. The fourth-order valence-corrected chi connectivity index (χ4v) is 2.27. The van der Waals surface area contributed by atoms with E-state index < -0.39 is 4.92 Å². The molecule has 1 aromatic rings. The lowest BCUT2D eigenvalue weighted by Gasteiger charge is -2.31. The standard InChI is InChI=1S/C13H17N3O3.ClH/c1-9-3-4-12(16(18)19)11(7-9)13(17)15-6-5-14-10(2)8-15;/h3-4,7,10,14H,5-6,8H2,1-2H3;1H/t10-;/m0./s1. The Morgan fingerprint density at radius 1 is 1.50 bits per heavy atom. The zero-order valence-electron chi connectivity index (χ0n) is 11.5. The second-order valence-electron chi connectivity index (χ2n) is 4.88. The highest BCUT2D eigenvalue weighted by Crippen LogP contribution is 2.22. The van der Waals surface area contributed by atoms with Crippen LogP contribution < -0.4 is 5.32 Å². The number of halogens is 1. The molecule has 1 saturated heterocycles. The number of hydrogen-bond acceptors (Lipinski definition) is 4. The van der Waals surface area contributed by atoms with Crippen molar-refractivity contribution in [3.63, 3.8) is 0 Å². The smallest absolute Gasteiger partial charge is 0.282 e. The first-order valence-corrected chi connectivity index (χ1v) is 6.26. The molecule has 1 fully saturated rings. The first-order valence-electron chi connectivity index (χ1n) is 6.26. The quantitative estimate of drug-likeness (QED) is 0.667. The van der Waals surface area contributed by atoms with Gasteiger partial charge in [0.15, 0.2) is 0 Å². The van der Waals surface area contributed by atoms with Crippen LogP contribution in [0.4, 0.5) is 5.69 Å². The van der Waals surface area contributed by atoms with E-state index in [2.05, 4.69) is 5.32 Å². The number of piperazine rings is 1. The van der Waals surface area contributed by atoms with Gasteiger partial charge in [-0.3, -0.25) is 14.9 Å². The second-order valence-corrected chi connectivity index (χ2v) is 4.88. The summed E-state index contributed by atoms with van der Waals surface area (Å²) in [6.45, 7) is 5.68. The summed E-state index contributed by atoms with van der Waals surface area (Å²) in [7, 11) is 0. The highest BCUT2D eigenvalue weighted by molar-refractivity contribution is 5.98. The van der Waals surface area contributed by atoms with Gasteiger partial charge in [-0.25, -0.2) is 0 Å². The number of nitrogens with zero attached hydrogens (tertiary/aromatic N) is 2. The molecule has 6 nitrogen and oxygen atoms in total. The Kier molecular flexibility index (Phi) is 5.47. The van der Waals surface area contributed by atoms with Crippen molar-refractivity contribution in [1.29, 1.82) is 0 Å². The molecular formula is C13H18ClN3O3. The Balaban J connectivity index is 0.00000200. The third-order valence-electron chi connectivity index (χ3n) is 3.24. The molecule has 1 heterocycles. The fraction of sp³-hybridized carbons (Fsp3) is 0.462. The van der Waals surface area contributed by atoms with E-state index in [9.17, 15) is 14.9 Å². The van der Waals surface area contributed by atoms with Crippen LogP contribution in [0.5, 0.6) is 0 Å². The van der Waals surface area contributed by atoms with Crippen LogP contribution in [0.2, 0.25) is 0 Å². The molecule has 1 amide bonds.